The Hall–Kier alpha value is -1.21. The molecule has 2 spiro atoms. The summed E-state index contributed by atoms with van der Waals surface area (Å²) >= 11 is 0. The highest BCUT2D eigenvalue weighted by Gasteiger charge is 3.00. The lowest BCUT2D eigenvalue weighted by Crippen LogP contribution is -2.68. The SMILES string of the molecule is C=C(C)[C@]12O[C@H]1[C@@H]1O[C@]13[C@]1(O[C@H]1C[C@H]1C4=C(CC[C@@]13C)C(=O)OC4)[C@@H]2O. The van der Waals surface area contributed by atoms with Gasteiger partial charge >= 0.3 is 5.97 Å². The fourth-order valence-electron chi connectivity index (χ4n) is 7.46. The van der Waals surface area contributed by atoms with E-state index >= 15 is 0 Å². The Morgan fingerprint density at radius 3 is 2.85 bits per heavy atom. The second-order valence-corrected chi connectivity index (χ2v) is 9.47. The largest absolute Gasteiger partial charge is 0.458 e. The average molecular weight is 358 g/mol. The van der Waals surface area contributed by atoms with Gasteiger partial charge in [0.15, 0.2) is 5.60 Å². The molecule has 0 radical (unpaired) electrons. The standard InChI is InChI=1S/C20H22O6/c1-8(2)18-13(25-18)14-20(26-14)17(3)5-4-9-10(7-23-15(9)21)11(17)6-12-19(20,24-12)16(18)22/h11-14,16,22H,1,4-7H2,2-3H3/t11-,12-,13-,14-,16+,17-,18-,19+,20+/m0/s1. The molecule has 4 aliphatic heterocycles. The maximum absolute atomic E-state index is 12.1. The molecule has 3 aliphatic carbocycles. The second kappa shape index (κ2) is 3.70. The van der Waals surface area contributed by atoms with Gasteiger partial charge in [0.2, 0.25) is 0 Å². The second-order valence-electron chi connectivity index (χ2n) is 9.47. The number of esters is 1. The van der Waals surface area contributed by atoms with Crippen molar-refractivity contribution in [2.75, 3.05) is 6.61 Å². The van der Waals surface area contributed by atoms with Gasteiger partial charge in [0.05, 0.1) is 6.10 Å². The zero-order valence-electron chi connectivity index (χ0n) is 14.9. The van der Waals surface area contributed by atoms with E-state index in [0.717, 1.165) is 29.6 Å². The Morgan fingerprint density at radius 1 is 1.27 bits per heavy atom. The maximum Gasteiger partial charge on any atom is 0.334 e. The Labute approximate surface area is 151 Å². The molecule has 0 unspecified atom stereocenters. The van der Waals surface area contributed by atoms with Crippen molar-refractivity contribution in [2.45, 2.75) is 74.3 Å². The Bertz CT molecular complexity index is 862. The van der Waals surface area contributed by atoms with Crippen LogP contribution in [0.15, 0.2) is 23.3 Å². The van der Waals surface area contributed by atoms with Crippen LogP contribution >= 0.6 is 0 Å². The van der Waals surface area contributed by atoms with Crippen LogP contribution in [0.2, 0.25) is 0 Å². The van der Waals surface area contributed by atoms with E-state index in [1.165, 1.54) is 0 Å². The summed E-state index contributed by atoms with van der Waals surface area (Å²) in [6.07, 6.45) is 1.34. The van der Waals surface area contributed by atoms with Gasteiger partial charge in [0.1, 0.15) is 36.1 Å². The van der Waals surface area contributed by atoms with Crippen LogP contribution in [0, 0.1) is 11.3 Å². The predicted molar refractivity (Wildman–Crippen MR) is 87.1 cm³/mol. The van der Waals surface area contributed by atoms with Crippen molar-refractivity contribution >= 4 is 5.97 Å². The van der Waals surface area contributed by atoms with Crippen molar-refractivity contribution in [3.05, 3.63) is 23.3 Å². The molecule has 4 heterocycles. The molecule has 7 aliphatic rings. The van der Waals surface area contributed by atoms with Crippen LogP contribution in [0.1, 0.15) is 33.1 Å². The third-order valence-electron chi connectivity index (χ3n) is 8.81. The minimum atomic E-state index is -0.754. The number of aliphatic hydroxyl groups is 1. The minimum absolute atomic E-state index is 0.0653. The van der Waals surface area contributed by atoms with Gasteiger partial charge in [-0.1, -0.05) is 13.5 Å². The number of carbonyl (C=O) groups is 1. The molecule has 26 heavy (non-hydrogen) atoms. The van der Waals surface area contributed by atoms with E-state index in [1.54, 1.807) is 0 Å². The van der Waals surface area contributed by atoms with Gasteiger partial charge in [-0.15, -0.1) is 0 Å². The first-order valence-electron chi connectivity index (χ1n) is 9.61. The topological polar surface area (TPSA) is 84.1 Å². The maximum atomic E-state index is 12.1. The molecule has 0 aromatic heterocycles. The van der Waals surface area contributed by atoms with E-state index in [-0.39, 0.29) is 35.6 Å². The number of aliphatic hydroxyl groups excluding tert-OH is 1. The van der Waals surface area contributed by atoms with Crippen LogP contribution in [-0.4, -0.2) is 58.9 Å². The molecule has 0 bridgehead atoms. The van der Waals surface area contributed by atoms with E-state index in [4.69, 9.17) is 18.9 Å². The van der Waals surface area contributed by atoms with E-state index in [9.17, 15) is 9.90 Å². The fraction of sp³-hybridized carbons (Fsp3) is 0.750. The molecule has 0 aromatic carbocycles. The van der Waals surface area contributed by atoms with Crippen LogP contribution in [0.5, 0.6) is 0 Å². The highest BCUT2D eigenvalue weighted by atomic mass is 16.7. The molecule has 2 saturated carbocycles. The first-order valence-corrected chi connectivity index (χ1v) is 9.61. The van der Waals surface area contributed by atoms with Crippen molar-refractivity contribution in [3.63, 3.8) is 0 Å². The molecule has 3 saturated heterocycles. The van der Waals surface area contributed by atoms with Crippen molar-refractivity contribution in [1.29, 1.82) is 0 Å². The predicted octanol–water partition coefficient (Wildman–Crippen LogP) is 1.02. The summed E-state index contributed by atoms with van der Waals surface area (Å²) in [7, 11) is 0. The number of fused-ring (bicyclic) bond motifs is 4. The summed E-state index contributed by atoms with van der Waals surface area (Å²) in [6, 6.07) is 0. The van der Waals surface area contributed by atoms with Gasteiger partial charge in [0, 0.05) is 11.0 Å². The molecule has 138 valence electrons. The van der Waals surface area contributed by atoms with Crippen molar-refractivity contribution < 1.29 is 28.8 Å². The molecular formula is C20H22O6. The van der Waals surface area contributed by atoms with E-state index in [2.05, 4.69) is 13.5 Å². The number of ether oxygens (including phenoxy) is 4. The lowest BCUT2D eigenvalue weighted by molar-refractivity contribution is -0.136. The summed E-state index contributed by atoms with van der Waals surface area (Å²) in [4.78, 5) is 12.1. The average Bonchev–Trinajstić information content (AvgIpc) is 3.47. The number of epoxide rings is 3. The van der Waals surface area contributed by atoms with Crippen LogP contribution in [0.3, 0.4) is 0 Å². The third-order valence-corrected chi connectivity index (χ3v) is 8.81. The molecule has 7 rings (SSSR count). The third kappa shape index (κ3) is 1.11. The monoisotopic (exact) mass is 358 g/mol. The molecule has 0 aromatic rings. The minimum Gasteiger partial charge on any atom is -0.458 e. The highest BCUT2D eigenvalue weighted by molar-refractivity contribution is 5.92. The van der Waals surface area contributed by atoms with E-state index in [1.807, 2.05) is 6.92 Å². The molecule has 0 amide bonds. The van der Waals surface area contributed by atoms with Gasteiger partial charge in [-0.2, -0.15) is 0 Å². The van der Waals surface area contributed by atoms with Crippen LogP contribution in [-0.2, 0) is 23.7 Å². The molecule has 1 N–H and O–H groups in total. The number of hydrogen-bond acceptors (Lipinski definition) is 6. The summed E-state index contributed by atoms with van der Waals surface area (Å²) in [5, 5.41) is 11.4. The number of cyclic esters (lactones) is 1. The number of carbonyl (C=O) groups excluding carboxylic acids is 1. The van der Waals surface area contributed by atoms with Crippen molar-refractivity contribution in [1.82, 2.24) is 0 Å². The fourth-order valence-corrected chi connectivity index (χ4v) is 7.46. The number of hydrogen-bond donors (Lipinski definition) is 1. The summed E-state index contributed by atoms with van der Waals surface area (Å²) in [5.74, 6) is 0.0449. The quantitative estimate of drug-likeness (QED) is 0.428. The van der Waals surface area contributed by atoms with Gasteiger partial charge in [-0.3, -0.25) is 0 Å². The Morgan fingerprint density at radius 2 is 2.08 bits per heavy atom. The van der Waals surface area contributed by atoms with Crippen molar-refractivity contribution in [3.8, 4) is 0 Å². The molecule has 6 nitrogen and oxygen atoms in total. The van der Waals surface area contributed by atoms with Gasteiger partial charge in [0.25, 0.3) is 0 Å². The summed E-state index contributed by atoms with van der Waals surface area (Å²) < 4.78 is 24.1. The highest BCUT2D eigenvalue weighted by Crippen LogP contribution is 2.82. The van der Waals surface area contributed by atoms with Crippen LogP contribution < -0.4 is 0 Å². The first kappa shape index (κ1) is 14.8. The summed E-state index contributed by atoms with van der Waals surface area (Å²) in [6.45, 7) is 8.64. The zero-order chi connectivity index (χ0) is 17.9. The van der Waals surface area contributed by atoms with Crippen molar-refractivity contribution in [2.24, 2.45) is 11.3 Å². The Balaban J connectivity index is 1.39. The van der Waals surface area contributed by atoms with Crippen LogP contribution in [0.25, 0.3) is 0 Å². The van der Waals surface area contributed by atoms with Crippen LogP contribution in [0.4, 0.5) is 0 Å². The molecular weight excluding hydrogens is 336 g/mol. The van der Waals surface area contributed by atoms with E-state index in [0.29, 0.717) is 13.0 Å². The van der Waals surface area contributed by atoms with Gasteiger partial charge in [-0.05, 0) is 43.3 Å². The molecule has 9 atom stereocenters. The lowest BCUT2D eigenvalue weighted by Gasteiger charge is -2.53. The van der Waals surface area contributed by atoms with E-state index < -0.39 is 22.9 Å². The van der Waals surface area contributed by atoms with Gasteiger partial charge < -0.3 is 24.1 Å². The summed E-state index contributed by atoms with van der Waals surface area (Å²) in [5.41, 5.74) is 0.718. The normalized spacial score (nSPS) is 62.7. The zero-order valence-corrected chi connectivity index (χ0v) is 14.9. The first-order chi connectivity index (χ1) is 12.3. The number of rotatable bonds is 1. The smallest absolute Gasteiger partial charge is 0.334 e. The molecule has 5 fully saturated rings. The molecule has 6 heteroatoms. The van der Waals surface area contributed by atoms with Gasteiger partial charge in [-0.25, -0.2) is 4.79 Å². The lowest BCUT2D eigenvalue weighted by atomic mass is 9.47. The Kier molecular flexibility index (Phi) is 2.11.